The van der Waals surface area contributed by atoms with E-state index in [9.17, 15) is 9.59 Å². The third-order valence-electron chi connectivity index (χ3n) is 3.73. The number of hydrogen-bond acceptors (Lipinski definition) is 5. The fraction of sp³-hybridized carbons (Fsp3) is 0.667. The summed E-state index contributed by atoms with van der Waals surface area (Å²) in [4.78, 5) is 22.7. The number of rotatable bonds is 12. The van der Waals surface area contributed by atoms with Crippen molar-refractivity contribution in [2.75, 3.05) is 13.2 Å². The van der Waals surface area contributed by atoms with Crippen LogP contribution in [0.5, 0.6) is 0 Å². The van der Waals surface area contributed by atoms with Gasteiger partial charge in [-0.25, -0.2) is 9.59 Å². The maximum absolute atomic E-state index is 11.4. The molecule has 0 aromatic rings. The van der Waals surface area contributed by atoms with Crippen molar-refractivity contribution in [2.24, 2.45) is 0 Å². The van der Waals surface area contributed by atoms with E-state index in [1.165, 1.54) is 0 Å². The lowest BCUT2D eigenvalue weighted by atomic mass is 10.4. The van der Waals surface area contributed by atoms with Crippen LogP contribution in [0.1, 0.15) is 26.7 Å². The Kier molecular flexibility index (Phi) is 10.2. The second kappa shape index (κ2) is 10.7. The first-order chi connectivity index (χ1) is 11.4. The summed E-state index contributed by atoms with van der Waals surface area (Å²) >= 11 is 0. The van der Waals surface area contributed by atoms with Crippen LogP contribution in [-0.2, 0) is 19.1 Å². The van der Waals surface area contributed by atoms with Gasteiger partial charge in [0.25, 0.3) is 0 Å². The highest BCUT2D eigenvalue weighted by atomic mass is 28.4. The summed E-state index contributed by atoms with van der Waals surface area (Å²) in [5.74, 6) is -0.627. The molecule has 0 rings (SSSR count). The quantitative estimate of drug-likeness (QED) is 0.238. The van der Waals surface area contributed by atoms with E-state index in [4.69, 9.17) is 9.47 Å². The molecule has 0 heterocycles. The summed E-state index contributed by atoms with van der Waals surface area (Å²) in [7, 11) is -3.12. The second-order valence-corrected chi connectivity index (χ2v) is 17.5. The molecular weight excluding hydrogens is 350 g/mol. The summed E-state index contributed by atoms with van der Waals surface area (Å²) in [6.45, 7) is 20.6. The van der Waals surface area contributed by atoms with Gasteiger partial charge in [0.1, 0.15) is 16.5 Å². The number of carbonyl (C=O) groups is 2. The molecule has 0 aromatic carbocycles. The fourth-order valence-electron chi connectivity index (χ4n) is 2.65. The molecule has 5 nitrogen and oxygen atoms in total. The molecule has 7 heteroatoms. The molecule has 0 aromatic heterocycles. The minimum atomic E-state index is -1.56. The maximum atomic E-state index is 11.4. The topological polar surface area (TPSA) is 64.6 Å². The minimum Gasteiger partial charge on any atom is -0.462 e. The van der Waals surface area contributed by atoms with E-state index in [2.05, 4.69) is 44.0 Å². The van der Waals surface area contributed by atoms with Gasteiger partial charge in [-0.1, -0.05) is 39.3 Å². The Bertz CT molecular complexity index is 457. The van der Waals surface area contributed by atoms with Gasteiger partial charge in [0.05, 0.1) is 13.2 Å². The highest BCUT2D eigenvalue weighted by Gasteiger charge is 2.30. The van der Waals surface area contributed by atoms with Crippen molar-refractivity contribution in [3.05, 3.63) is 24.3 Å². The van der Waals surface area contributed by atoms with Crippen molar-refractivity contribution >= 4 is 28.4 Å². The molecule has 0 atom stereocenters. The summed E-state index contributed by atoms with van der Waals surface area (Å²) in [6.07, 6.45) is 1.73. The van der Waals surface area contributed by atoms with E-state index in [0.717, 1.165) is 24.9 Å². The van der Waals surface area contributed by atoms with Gasteiger partial charge in [0, 0.05) is 11.1 Å². The molecule has 0 aliphatic heterocycles. The van der Waals surface area contributed by atoms with Crippen LogP contribution < -0.4 is 4.65 Å². The van der Waals surface area contributed by atoms with Crippen LogP contribution in [0.15, 0.2) is 24.3 Å². The first-order valence-electron chi connectivity index (χ1n) is 8.81. The molecule has 0 fully saturated rings. The summed E-state index contributed by atoms with van der Waals surface area (Å²) in [6, 6.07) is 2.11. The van der Waals surface area contributed by atoms with E-state index in [-0.39, 0.29) is 11.9 Å². The van der Waals surface area contributed by atoms with Gasteiger partial charge in [0.2, 0.25) is 0 Å². The Morgan fingerprint density at radius 2 is 1.12 bits per heavy atom. The largest absolute Gasteiger partial charge is 0.462 e. The van der Waals surface area contributed by atoms with E-state index < -0.39 is 16.5 Å². The first-order valence-corrected chi connectivity index (χ1v) is 15.2. The molecule has 0 bridgehead atoms. The molecule has 1 N–H and O–H groups in total. The first kappa shape index (κ1) is 23.8. The molecular formula is C18H35NO4Si2. The predicted octanol–water partition coefficient (Wildman–Crippen LogP) is 4.01. The summed E-state index contributed by atoms with van der Waals surface area (Å²) in [5.41, 5.74) is 0.881. The highest BCUT2D eigenvalue weighted by molar-refractivity contribution is 6.91. The molecule has 0 aliphatic carbocycles. The molecule has 25 heavy (non-hydrogen) atoms. The van der Waals surface area contributed by atoms with Crippen molar-refractivity contribution in [1.82, 2.24) is 4.65 Å². The Morgan fingerprint density at radius 1 is 0.800 bits per heavy atom. The number of carbonyl (C=O) groups excluding carboxylic acids is 2. The number of esters is 2. The predicted molar refractivity (Wildman–Crippen MR) is 108 cm³/mol. The minimum absolute atomic E-state index is 0.313. The Balaban J connectivity index is 4.14. The van der Waals surface area contributed by atoms with Crippen LogP contribution in [-0.4, -0.2) is 41.6 Å². The number of hydrogen-bond donors (Lipinski definition) is 1. The van der Waals surface area contributed by atoms with Crippen molar-refractivity contribution in [1.29, 1.82) is 0 Å². The molecule has 0 saturated carbocycles. The summed E-state index contributed by atoms with van der Waals surface area (Å²) in [5, 5.41) is 0. The average Bonchev–Trinajstić information content (AvgIpc) is 2.46. The van der Waals surface area contributed by atoms with Crippen LogP contribution in [0.4, 0.5) is 0 Å². The van der Waals surface area contributed by atoms with Gasteiger partial charge in [-0.3, -0.25) is 0 Å². The average molecular weight is 386 g/mol. The van der Waals surface area contributed by atoms with Gasteiger partial charge in [-0.05, 0) is 38.8 Å². The van der Waals surface area contributed by atoms with Crippen molar-refractivity contribution in [3.8, 4) is 0 Å². The van der Waals surface area contributed by atoms with Crippen LogP contribution in [0.2, 0.25) is 38.3 Å². The van der Waals surface area contributed by atoms with Crippen molar-refractivity contribution in [2.45, 2.75) is 65.0 Å². The third kappa shape index (κ3) is 11.9. The van der Waals surface area contributed by atoms with Crippen LogP contribution in [0, 0.1) is 0 Å². The smallest absolute Gasteiger partial charge is 0.333 e. The standard InChI is InChI=1S/C18H35NO4Si2/c1-15(2)17(20)22-11-9-13-24(5,6)19-25(7,8)14-10-12-23-18(21)16(3)4/h19H,1,3,9-14H2,2,4-8H3. The monoisotopic (exact) mass is 385 g/mol. The van der Waals surface area contributed by atoms with Gasteiger partial charge in [0.15, 0.2) is 0 Å². The van der Waals surface area contributed by atoms with Crippen LogP contribution in [0.3, 0.4) is 0 Å². The van der Waals surface area contributed by atoms with Crippen molar-refractivity contribution < 1.29 is 19.1 Å². The Hall–Kier alpha value is -1.19. The molecule has 144 valence electrons. The number of ether oxygens (including phenoxy) is 2. The Labute approximate surface area is 155 Å². The van der Waals surface area contributed by atoms with Gasteiger partial charge in [-0.2, -0.15) is 0 Å². The SMILES string of the molecule is C=C(C)C(=O)OCCC[Si](C)(C)N[Si](C)(C)CCCOC(=O)C(=C)C. The van der Waals surface area contributed by atoms with E-state index >= 15 is 0 Å². The Morgan fingerprint density at radius 3 is 1.40 bits per heavy atom. The lowest BCUT2D eigenvalue weighted by Crippen LogP contribution is -2.59. The van der Waals surface area contributed by atoms with Gasteiger partial charge in [-0.15, -0.1) is 0 Å². The van der Waals surface area contributed by atoms with Crippen LogP contribution in [0.25, 0.3) is 0 Å². The normalized spacial score (nSPS) is 11.8. The molecule has 0 spiro atoms. The lowest BCUT2D eigenvalue weighted by molar-refractivity contribution is -0.139. The van der Waals surface area contributed by atoms with Gasteiger partial charge < -0.3 is 14.1 Å². The maximum Gasteiger partial charge on any atom is 0.333 e. The van der Waals surface area contributed by atoms with E-state index in [1.807, 2.05) is 0 Å². The number of nitrogens with one attached hydrogen (secondary N) is 1. The third-order valence-corrected chi connectivity index (χ3v) is 12.4. The zero-order valence-corrected chi connectivity index (χ0v) is 18.8. The zero-order chi connectivity index (χ0) is 19.7. The molecule has 0 aliphatic rings. The zero-order valence-electron chi connectivity index (χ0n) is 16.8. The van der Waals surface area contributed by atoms with Gasteiger partial charge >= 0.3 is 11.9 Å². The fourth-order valence-corrected chi connectivity index (χ4v) is 13.0. The second-order valence-electron chi connectivity index (χ2n) is 7.93. The molecule has 0 radical (unpaired) electrons. The highest BCUT2D eigenvalue weighted by Crippen LogP contribution is 2.17. The van der Waals surface area contributed by atoms with E-state index in [0.29, 0.717) is 24.4 Å². The summed E-state index contributed by atoms with van der Waals surface area (Å²) < 4.78 is 14.2. The lowest BCUT2D eigenvalue weighted by Gasteiger charge is -2.34. The van der Waals surface area contributed by atoms with E-state index in [1.54, 1.807) is 13.8 Å². The van der Waals surface area contributed by atoms with Crippen molar-refractivity contribution in [3.63, 3.8) is 0 Å². The molecule has 0 unspecified atom stereocenters. The molecule has 0 saturated heterocycles. The van der Waals surface area contributed by atoms with Crippen LogP contribution >= 0.6 is 0 Å². The molecule has 0 amide bonds.